The number of guanidine groups is 1. The highest BCUT2D eigenvalue weighted by Crippen LogP contribution is 2.41. The zero-order chi connectivity index (χ0) is 17.5. The second-order valence-electron chi connectivity index (χ2n) is 6.33. The first-order valence-electron chi connectivity index (χ1n) is 8.88. The molecule has 0 unspecified atom stereocenters. The number of nitrogens with one attached hydrogen (secondary N) is 2. The molecule has 1 aromatic carbocycles. The van der Waals surface area contributed by atoms with E-state index in [0.29, 0.717) is 19.9 Å². The van der Waals surface area contributed by atoms with Crippen molar-refractivity contribution in [1.82, 2.24) is 10.6 Å². The molecule has 0 spiro atoms. The zero-order valence-electron chi connectivity index (χ0n) is 15.3. The molecule has 2 heterocycles. The number of nitrogens with zero attached hydrogens (tertiary/aromatic N) is 1. The van der Waals surface area contributed by atoms with Crippen molar-refractivity contribution in [3.05, 3.63) is 36.4 Å². The summed E-state index contributed by atoms with van der Waals surface area (Å²) >= 11 is 0. The Kier molecular flexibility index (Phi) is 8.02. The predicted octanol–water partition coefficient (Wildman–Crippen LogP) is 2.82. The number of hydrogen-bond acceptors (Lipinski definition) is 4. The molecule has 144 valence electrons. The summed E-state index contributed by atoms with van der Waals surface area (Å²) in [6.07, 6.45) is 3.71. The van der Waals surface area contributed by atoms with Crippen molar-refractivity contribution >= 4 is 29.9 Å². The molecule has 3 rings (SSSR count). The summed E-state index contributed by atoms with van der Waals surface area (Å²) in [6, 6.07) is 6.24. The molecule has 0 aliphatic carbocycles. The quantitative estimate of drug-likeness (QED) is 0.288. The number of benzene rings is 1. The van der Waals surface area contributed by atoms with Crippen LogP contribution in [0, 0.1) is 0 Å². The number of ether oxygens (including phenoxy) is 3. The van der Waals surface area contributed by atoms with Gasteiger partial charge in [-0.05, 0) is 37.5 Å². The summed E-state index contributed by atoms with van der Waals surface area (Å²) in [5.74, 6) is 2.45. The number of fused-ring (bicyclic) bond motifs is 1. The Labute approximate surface area is 172 Å². The SMILES string of the molecule is C=CCNC(=NCC1(c2ccc3c(c2)OCO3)CCOCC1)NCC.I. The van der Waals surface area contributed by atoms with Gasteiger partial charge in [-0.1, -0.05) is 12.1 Å². The molecule has 0 radical (unpaired) electrons. The second-order valence-corrected chi connectivity index (χ2v) is 6.33. The topological polar surface area (TPSA) is 64.1 Å². The average Bonchev–Trinajstić information content (AvgIpc) is 3.12. The van der Waals surface area contributed by atoms with Crippen molar-refractivity contribution in [3.63, 3.8) is 0 Å². The molecule has 7 heteroatoms. The number of aliphatic imine (C=N–C) groups is 1. The molecular formula is C19H28IN3O3. The van der Waals surface area contributed by atoms with E-state index in [1.54, 1.807) is 0 Å². The van der Waals surface area contributed by atoms with Crippen LogP contribution in [-0.4, -0.2) is 45.6 Å². The Morgan fingerprint density at radius 1 is 1.23 bits per heavy atom. The van der Waals surface area contributed by atoms with Gasteiger partial charge in [0.05, 0.1) is 6.54 Å². The fraction of sp³-hybridized carbons (Fsp3) is 0.526. The first-order valence-corrected chi connectivity index (χ1v) is 8.88. The first-order chi connectivity index (χ1) is 12.3. The lowest BCUT2D eigenvalue weighted by atomic mass is 9.74. The van der Waals surface area contributed by atoms with E-state index in [0.717, 1.165) is 50.1 Å². The van der Waals surface area contributed by atoms with E-state index in [-0.39, 0.29) is 29.4 Å². The van der Waals surface area contributed by atoms with Crippen LogP contribution >= 0.6 is 24.0 Å². The van der Waals surface area contributed by atoms with Crippen LogP contribution in [0.1, 0.15) is 25.3 Å². The summed E-state index contributed by atoms with van der Waals surface area (Å²) in [4.78, 5) is 4.84. The Hall–Kier alpha value is -1.48. The van der Waals surface area contributed by atoms with Crippen LogP contribution in [0.25, 0.3) is 0 Å². The van der Waals surface area contributed by atoms with Crippen LogP contribution in [0.5, 0.6) is 11.5 Å². The fourth-order valence-electron chi connectivity index (χ4n) is 3.27. The predicted molar refractivity (Wildman–Crippen MR) is 114 cm³/mol. The van der Waals surface area contributed by atoms with Crippen LogP contribution in [0.15, 0.2) is 35.8 Å². The third kappa shape index (κ3) is 4.82. The van der Waals surface area contributed by atoms with Crippen LogP contribution in [0.2, 0.25) is 0 Å². The second kappa shape index (κ2) is 10.0. The van der Waals surface area contributed by atoms with Gasteiger partial charge < -0.3 is 24.8 Å². The molecule has 2 aliphatic heterocycles. The van der Waals surface area contributed by atoms with Crippen molar-refractivity contribution in [2.75, 3.05) is 39.6 Å². The smallest absolute Gasteiger partial charge is 0.231 e. The summed E-state index contributed by atoms with van der Waals surface area (Å²) in [5, 5.41) is 6.55. The van der Waals surface area contributed by atoms with Crippen molar-refractivity contribution in [1.29, 1.82) is 0 Å². The summed E-state index contributed by atoms with van der Waals surface area (Å²) < 4.78 is 16.6. The maximum Gasteiger partial charge on any atom is 0.231 e. The van der Waals surface area contributed by atoms with Gasteiger partial charge in [-0.2, -0.15) is 0 Å². The normalized spacial score (nSPS) is 18.0. The third-order valence-electron chi connectivity index (χ3n) is 4.73. The van der Waals surface area contributed by atoms with Gasteiger partial charge in [0, 0.05) is 31.7 Å². The van der Waals surface area contributed by atoms with Crippen molar-refractivity contribution in [2.45, 2.75) is 25.2 Å². The summed E-state index contributed by atoms with van der Waals surface area (Å²) in [6.45, 7) is 9.81. The number of rotatable bonds is 6. The lowest BCUT2D eigenvalue weighted by Crippen LogP contribution is -2.41. The molecule has 2 aliphatic rings. The van der Waals surface area contributed by atoms with Gasteiger partial charge in [0.1, 0.15) is 0 Å². The van der Waals surface area contributed by atoms with Crippen LogP contribution in [-0.2, 0) is 10.2 Å². The highest BCUT2D eigenvalue weighted by Gasteiger charge is 2.35. The number of hydrogen-bond donors (Lipinski definition) is 2. The molecule has 0 bridgehead atoms. The third-order valence-corrected chi connectivity index (χ3v) is 4.73. The lowest BCUT2D eigenvalue weighted by molar-refractivity contribution is 0.0530. The molecular weight excluding hydrogens is 445 g/mol. The van der Waals surface area contributed by atoms with Gasteiger partial charge in [-0.15, -0.1) is 30.6 Å². The first kappa shape index (κ1) is 20.8. The number of halogens is 1. The summed E-state index contributed by atoms with van der Waals surface area (Å²) in [7, 11) is 0. The lowest BCUT2D eigenvalue weighted by Gasteiger charge is -2.36. The minimum Gasteiger partial charge on any atom is -0.454 e. The maximum absolute atomic E-state index is 5.61. The van der Waals surface area contributed by atoms with E-state index >= 15 is 0 Å². The monoisotopic (exact) mass is 473 g/mol. The Balaban J connectivity index is 0.00000243. The van der Waals surface area contributed by atoms with E-state index in [2.05, 4.69) is 36.3 Å². The highest BCUT2D eigenvalue weighted by molar-refractivity contribution is 14.0. The van der Waals surface area contributed by atoms with E-state index in [1.807, 2.05) is 12.1 Å². The van der Waals surface area contributed by atoms with Gasteiger partial charge in [0.15, 0.2) is 17.5 Å². The minimum absolute atomic E-state index is 0. The molecule has 0 atom stereocenters. The molecule has 0 saturated carbocycles. The Morgan fingerprint density at radius 3 is 2.73 bits per heavy atom. The Morgan fingerprint density at radius 2 is 2.00 bits per heavy atom. The molecule has 0 aromatic heterocycles. The minimum atomic E-state index is -0.0459. The molecule has 1 saturated heterocycles. The van der Waals surface area contributed by atoms with Gasteiger partial charge in [0.2, 0.25) is 6.79 Å². The van der Waals surface area contributed by atoms with Gasteiger partial charge in [0.25, 0.3) is 0 Å². The molecule has 26 heavy (non-hydrogen) atoms. The van der Waals surface area contributed by atoms with Gasteiger partial charge >= 0.3 is 0 Å². The van der Waals surface area contributed by atoms with Crippen molar-refractivity contribution in [2.24, 2.45) is 4.99 Å². The molecule has 0 amide bonds. The van der Waals surface area contributed by atoms with Crippen LogP contribution < -0.4 is 20.1 Å². The van der Waals surface area contributed by atoms with E-state index < -0.39 is 0 Å². The Bertz CT molecular complexity index is 630. The van der Waals surface area contributed by atoms with Crippen molar-refractivity contribution < 1.29 is 14.2 Å². The van der Waals surface area contributed by atoms with E-state index in [1.165, 1.54) is 5.56 Å². The van der Waals surface area contributed by atoms with Gasteiger partial charge in [-0.25, -0.2) is 0 Å². The highest BCUT2D eigenvalue weighted by atomic mass is 127. The van der Waals surface area contributed by atoms with E-state index in [9.17, 15) is 0 Å². The van der Waals surface area contributed by atoms with Gasteiger partial charge in [-0.3, -0.25) is 4.99 Å². The van der Waals surface area contributed by atoms with Crippen molar-refractivity contribution in [3.8, 4) is 11.5 Å². The largest absolute Gasteiger partial charge is 0.454 e. The van der Waals surface area contributed by atoms with E-state index in [4.69, 9.17) is 19.2 Å². The molecule has 6 nitrogen and oxygen atoms in total. The molecule has 1 aromatic rings. The fourth-order valence-corrected chi connectivity index (χ4v) is 3.27. The molecule has 1 fully saturated rings. The maximum atomic E-state index is 5.61. The summed E-state index contributed by atoms with van der Waals surface area (Å²) in [5.41, 5.74) is 1.19. The standard InChI is InChI=1S/C19H27N3O3.HI/c1-3-9-21-18(20-4-2)22-13-19(7-10-23-11-8-19)15-5-6-16-17(12-15)25-14-24-16;/h3,5-6,12H,1,4,7-11,13-14H2,2H3,(H2,20,21,22);1H. The molecule has 2 N–H and O–H groups in total. The average molecular weight is 473 g/mol. The zero-order valence-corrected chi connectivity index (χ0v) is 17.6. The van der Waals surface area contributed by atoms with Crippen LogP contribution in [0.3, 0.4) is 0 Å². The van der Waals surface area contributed by atoms with Crippen LogP contribution in [0.4, 0.5) is 0 Å².